The van der Waals surface area contributed by atoms with Crippen LogP contribution in [-0.4, -0.2) is 60.1 Å². The van der Waals surface area contributed by atoms with Crippen LogP contribution in [0.3, 0.4) is 0 Å². The molecular weight excluding hydrogens is 314 g/mol. The lowest BCUT2D eigenvalue weighted by atomic mass is 9.92. The summed E-state index contributed by atoms with van der Waals surface area (Å²) in [5, 5.41) is 9.49. The Morgan fingerprint density at radius 3 is 2.44 bits per heavy atom. The Balaban J connectivity index is 1.82. The number of hydrogen-bond donors (Lipinski definition) is 2. The van der Waals surface area contributed by atoms with Gasteiger partial charge < -0.3 is 20.6 Å². The number of hydrogen-bond acceptors (Lipinski definition) is 4. The van der Waals surface area contributed by atoms with Gasteiger partial charge in [-0.15, -0.1) is 0 Å². The maximum atomic E-state index is 12.7. The Morgan fingerprint density at radius 1 is 1.28 bits per heavy atom. The van der Waals surface area contributed by atoms with E-state index in [0.29, 0.717) is 5.92 Å². The van der Waals surface area contributed by atoms with Crippen LogP contribution in [-0.2, 0) is 4.79 Å². The molecule has 0 spiro atoms. The Morgan fingerprint density at radius 2 is 1.88 bits per heavy atom. The molecule has 2 rings (SSSR count). The summed E-state index contributed by atoms with van der Waals surface area (Å²) in [6.45, 7) is 7.27. The molecule has 3 atom stereocenters. The zero-order valence-electron chi connectivity index (χ0n) is 15.8. The predicted molar refractivity (Wildman–Crippen MR) is 101 cm³/mol. The summed E-state index contributed by atoms with van der Waals surface area (Å²) >= 11 is 0. The first-order valence-corrected chi connectivity index (χ1v) is 9.34. The van der Waals surface area contributed by atoms with Gasteiger partial charge in [-0.25, -0.2) is 0 Å². The van der Waals surface area contributed by atoms with Crippen molar-refractivity contribution in [1.29, 1.82) is 0 Å². The Kier molecular flexibility index (Phi) is 7.41. The fourth-order valence-corrected chi connectivity index (χ4v) is 3.67. The number of likely N-dealkylation sites (tertiary alicyclic amines) is 1. The maximum Gasteiger partial charge on any atom is 0.227 e. The number of amides is 1. The molecule has 1 saturated heterocycles. The molecule has 3 N–H and O–H groups in total. The highest BCUT2D eigenvalue weighted by molar-refractivity contribution is 5.79. The molecule has 0 aromatic heterocycles. The second-order valence-electron chi connectivity index (χ2n) is 7.54. The van der Waals surface area contributed by atoms with E-state index in [1.807, 2.05) is 56.1 Å². The lowest BCUT2D eigenvalue weighted by Gasteiger charge is -2.35. The van der Waals surface area contributed by atoms with Gasteiger partial charge >= 0.3 is 0 Å². The first kappa shape index (κ1) is 19.9. The quantitative estimate of drug-likeness (QED) is 0.790. The van der Waals surface area contributed by atoms with Gasteiger partial charge in [-0.2, -0.15) is 0 Å². The van der Waals surface area contributed by atoms with E-state index in [-0.39, 0.29) is 24.0 Å². The van der Waals surface area contributed by atoms with Crippen LogP contribution in [0.15, 0.2) is 30.3 Å². The van der Waals surface area contributed by atoms with E-state index < -0.39 is 0 Å². The Labute approximate surface area is 151 Å². The van der Waals surface area contributed by atoms with Crippen molar-refractivity contribution in [3.8, 4) is 0 Å². The molecule has 5 heteroatoms. The molecule has 140 valence electrons. The lowest BCUT2D eigenvalue weighted by Crippen LogP contribution is -2.43. The number of aliphatic hydroxyl groups excluding tert-OH is 1. The molecule has 0 aliphatic carbocycles. The molecule has 1 heterocycles. The SMILES string of the molecule is CC(O)CN1CCC(CN(C)C(=O)C(C)C(N)c2ccccc2)CC1. The highest BCUT2D eigenvalue weighted by Gasteiger charge is 2.27. The summed E-state index contributed by atoms with van der Waals surface area (Å²) in [6.07, 6.45) is 1.87. The Hall–Kier alpha value is -1.43. The molecule has 1 fully saturated rings. The van der Waals surface area contributed by atoms with E-state index in [1.54, 1.807) is 0 Å². The highest BCUT2D eigenvalue weighted by atomic mass is 16.3. The van der Waals surface area contributed by atoms with Crippen LogP contribution in [0.1, 0.15) is 38.3 Å². The van der Waals surface area contributed by atoms with E-state index in [9.17, 15) is 9.90 Å². The molecule has 3 unspecified atom stereocenters. The molecular formula is C20H33N3O2. The number of β-amino-alcohol motifs (C(OH)–C–C–N with tert-alkyl or cyclic N) is 1. The molecule has 1 aromatic rings. The van der Waals surface area contributed by atoms with Gasteiger partial charge in [0.1, 0.15) is 0 Å². The average Bonchev–Trinajstić information content (AvgIpc) is 2.61. The topological polar surface area (TPSA) is 69.8 Å². The van der Waals surface area contributed by atoms with Crippen molar-refractivity contribution >= 4 is 5.91 Å². The molecule has 1 aliphatic rings. The van der Waals surface area contributed by atoms with E-state index in [1.165, 1.54) is 0 Å². The second kappa shape index (κ2) is 9.32. The van der Waals surface area contributed by atoms with Gasteiger partial charge in [-0.3, -0.25) is 4.79 Å². The molecule has 0 radical (unpaired) electrons. The van der Waals surface area contributed by atoms with Crippen LogP contribution in [0.5, 0.6) is 0 Å². The zero-order chi connectivity index (χ0) is 18.4. The fourth-order valence-electron chi connectivity index (χ4n) is 3.67. The van der Waals surface area contributed by atoms with Crippen molar-refractivity contribution in [3.05, 3.63) is 35.9 Å². The minimum atomic E-state index is -0.277. The van der Waals surface area contributed by atoms with E-state index >= 15 is 0 Å². The summed E-state index contributed by atoms with van der Waals surface area (Å²) in [5.74, 6) is 0.407. The van der Waals surface area contributed by atoms with Crippen LogP contribution < -0.4 is 5.73 Å². The highest BCUT2D eigenvalue weighted by Crippen LogP contribution is 2.23. The third-order valence-electron chi connectivity index (χ3n) is 5.25. The molecule has 5 nitrogen and oxygen atoms in total. The third kappa shape index (κ3) is 5.80. The molecule has 1 aliphatic heterocycles. The van der Waals surface area contributed by atoms with Gasteiger partial charge in [0.15, 0.2) is 0 Å². The minimum Gasteiger partial charge on any atom is -0.392 e. The van der Waals surface area contributed by atoms with Gasteiger partial charge in [-0.1, -0.05) is 37.3 Å². The molecule has 0 saturated carbocycles. The summed E-state index contributed by atoms with van der Waals surface area (Å²) in [6, 6.07) is 9.55. The standard InChI is InChI=1S/C20H33N3O2/c1-15(24)13-23-11-9-17(10-12-23)14-22(3)20(25)16(2)19(21)18-7-5-4-6-8-18/h4-8,15-17,19,24H,9-14,21H2,1-3H3. The number of nitrogens with zero attached hydrogens (tertiary/aromatic N) is 2. The monoisotopic (exact) mass is 347 g/mol. The van der Waals surface area contributed by atoms with Gasteiger partial charge in [-0.05, 0) is 44.3 Å². The van der Waals surface area contributed by atoms with Crippen LogP contribution >= 0.6 is 0 Å². The van der Waals surface area contributed by atoms with Gasteiger partial charge in [0.05, 0.1) is 12.0 Å². The summed E-state index contributed by atoms with van der Waals surface area (Å²) < 4.78 is 0. The lowest BCUT2D eigenvalue weighted by molar-refractivity contribution is -0.135. The Bertz CT molecular complexity index is 527. The van der Waals surface area contributed by atoms with Crippen LogP contribution in [0.4, 0.5) is 0 Å². The smallest absolute Gasteiger partial charge is 0.227 e. The van der Waals surface area contributed by atoms with Gasteiger partial charge in [0.25, 0.3) is 0 Å². The average molecular weight is 348 g/mol. The molecule has 1 aromatic carbocycles. The summed E-state index contributed by atoms with van der Waals surface area (Å²) in [5.41, 5.74) is 7.30. The zero-order valence-corrected chi connectivity index (χ0v) is 15.8. The van der Waals surface area contributed by atoms with Gasteiger partial charge in [0.2, 0.25) is 5.91 Å². The van der Waals surface area contributed by atoms with Gasteiger partial charge in [0, 0.05) is 26.2 Å². The van der Waals surface area contributed by atoms with Crippen molar-refractivity contribution in [2.24, 2.45) is 17.6 Å². The fraction of sp³-hybridized carbons (Fsp3) is 0.650. The van der Waals surface area contributed by atoms with E-state index in [2.05, 4.69) is 4.90 Å². The first-order chi connectivity index (χ1) is 11.9. The maximum absolute atomic E-state index is 12.7. The number of aliphatic hydroxyl groups is 1. The molecule has 0 bridgehead atoms. The normalized spacial score (nSPS) is 20.0. The number of piperidine rings is 1. The number of rotatable bonds is 7. The summed E-state index contributed by atoms with van der Waals surface area (Å²) in [7, 11) is 1.89. The largest absolute Gasteiger partial charge is 0.392 e. The van der Waals surface area contributed by atoms with E-state index in [0.717, 1.165) is 44.6 Å². The molecule has 25 heavy (non-hydrogen) atoms. The van der Waals surface area contributed by atoms with Crippen molar-refractivity contribution in [2.45, 2.75) is 38.8 Å². The van der Waals surface area contributed by atoms with Crippen LogP contribution in [0, 0.1) is 11.8 Å². The van der Waals surface area contributed by atoms with Crippen molar-refractivity contribution in [2.75, 3.05) is 33.2 Å². The predicted octanol–water partition coefficient (Wildman–Crippen LogP) is 1.87. The van der Waals surface area contributed by atoms with Crippen molar-refractivity contribution in [1.82, 2.24) is 9.80 Å². The van der Waals surface area contributed by atoms with Crippen LogP contribution in [0.25, 0.3) is 0 Å². The third-order valence-corrected chi connectivity index (χ3v) is 5.25. The number of benzene rings is 1. The number of nitrogens with two attached hydrogens (primary N) is 1. The minimum absolute atomic E-state index is 0.114. The van der Waals surface area contributed by atoms with E-state index in [4.69, 9.17) is 5.73 Å². The number of carbonyl (C=O) groups excluding carboxylic acids is 1. The van der Waals surface area contributed by atoms with Crippen molar-refractivity contribution in [3.63, 3.8) is 0 Å². The number of carbonyl (C=O) groups is 1. The van der Waals surface area contributed by atoms with Crippen molar-refractivity contribution < 1.29 is 9.90 Å². The van der Waals surface area contributed by atoms with Crippen LogP contribution in [0.2, 0.25) is 0 Å². The second-order valence-corrected chi connectivity index (χ2v) is 7.54. The first-order valence-electron chi connectivity index (χ1n) is 9.34. The molecule has 1 amide bonds. The summed E-state index contributed by atoms with van der Waals surface area (Å²) in [4.78, 5) is 16.9.